The van der Waals surface area contributed by atoms with Crippen LogP contribution in [-0.2, 0) is 19.1 Å². The van der Waals surface area contributed by atoms with Gasteiger partial charge >= 0.3 is 5.97 Å². The number of methoxy groups -OCH3 is 2. The first-order chi connectivity index (χ1) is 6.97. The summed E-state index contributed by atoms with van der Waals surface area (Å²) in [5, 5.41) is 2.62. The van der Waals surface area contributed by atoms with Crippen molar-refractivity contribution in [2.75, 3.05) is 27.4 Å². The van der Waals surface area contributed by atoms with E-state index in [1.807, 2.05) is 0 Å². The molecule has 0 radical (unpaired) electrons. The first-order valence-electron chi connectivity index (χ1n) is 4.54. The quantitative estimate of drug-likeness (QED) is 0.560. The average molecular weight is 218 g/mol. The lowest BCUT2D eigenvalue weighted by atomic mass is 9.99. The number of amides is 1. The third kappa shape index (κ3) is 5.34. The van der Waals surface area contributed by atoms with Crippen molar-refractivity contribution < 1.29 is 19.1 Å². The fraction of sp³-hybridized carbons (Fsp3) is 0.778. The third-order valence-electron chi connectivity index (χ3n) is 1.85. The van der Waals surface area contributed by atoms with Crippen molar-refractivity contribution in [3.63, 3.8) is 0 Å². The van der Waals surface area contributed by atoms with Gasteiger partial charge in [0.1, 0.15) is 0 Å². The van der Waals surface area contributed by atoms with Gasteiger partial charge in [-0.3, -0.25) is 9.59 Å². The molecule has 0 aromatic carbocycles. The highest BCUT2D eigenvalue weighted by Crippen LogP contribution is 2.10. The number of ether oxygens (including phenoxy) is 2. The van der Waals surface area contributed by atoms with E-state index < -0.39 is 11.5 Å². The van der Waals surface area contributed by atoms with Gasteiger partial charge in [-0.05, 0) is 6.92 Å². The smallest absolute Gasteiger partial charge is 0.307 e. The van der Waals surface area contributed by atoms with Crippen molar-refractivity contribution >= 4 is 11.9 Å². The van der Waals surface area contributed by atoms with Crippen LogP contribution < -0.4 is 11.1 Å². The molecule has 0 aliphatic carbocycles. The molecular weight excluding hydrogens is 200 g/mol. The van der Waals surface area contributed by atoms with E-state index in [2.05, 4.69) is 10.1 Å². The van der Waals surface area contributed by atoms with E-state index in [4.69, 9.17) is 10.5 Å². The van der Waals surface area contributed by atoms with Gasteiger partial charge in [-0.2, -0.15) is 0 Å². The zero-order valence-corrected chi connectivity index (χ0v) is 9.33. The molecule has 0 rings (SSSR count). The fourth-order valence-electron chi connectivity index (χ4n) is 1.23. The maximum atomic E-state index is 11.1. The van der Waals surface area contributed by atoms with Crippen molar-refractivity contribution in [3.8, 4) is 0 Å². The molecule has 3 N–H and O–H groups in total. The van der Waals surface area contributed by atoms with Crippen molar-refractivity contribution in [2.24, 2.45) is 5.73 Å². The molecule has 0 spiro atoms. The number of carbonyl (C=O) groups is 2. The van der Waals surface area contributed by atoms with E-state index >= 15 is 0 Å². The topological polar surface area (TPSA) is 90.6 Å². The number of rotatable bonds is 6. The average Bonchev–Trinajstić information content (AvgIpc) is 2.17. The van der Waals surface area contributed by atoms with Crippen LogP contribution in [0.25, 0.3) is 0 Å². The van der Waals surface area contributed by atoms with E-state index in [0.29, 0.717) is 0 Å². The van der Waals surface area contributed by atoms with Crippen molar-refractivity contribution in [1.29, 1.82) is 0 Å². The van der Waals surface area contributed by atoms with Gasteiger partial charge in [-0.15, -0.1) is 0 Å². The molecular formula is C9H18N2O4. The number of carbonyl (C=O) groups excluding carboxylic acids is 2. The summed E-state index contributed by atoms with van der Waals surface area (Å²) in [6, 6.07) is 0. The van der Waals surface area contributed by atoms with Gasteiger partial charge < -0.3 is 20.5 Å². The van der Waals surface area contributed by atoms with Gasteiger partial charge in [-0.25, -0.2) is 0 Å². The lowest BCUT2D eigenvalue weighted by Gasteiger charge is -2.28. The van der Waals surface area contributed by atoms with Gasteiger partial charge in [0.2, 0.25) is 5.91 Å². The fourth-order valence-corrected chi connectivity index (χ4v) is 1.23. The van der Waals surface area contributed by atoms with Gasteiger partial charge in [0, 0.05) is 7.11 Å². The predicted molar refractivity (Wildman–Crippen MR) is 54.1 cm³/mol. The lowest BCUT2D eigenvalue weighted by molar-refractivity contribution is -0.143. The largest absolute Gasteiger partial charge is 0.469 e. The zero-order valence-electron chi connectivity index (χ0n) is 9.33. The summed E-state index contributed by atoms with van der Waals surface area (Å²) in [4.78, 5) is 22.2. The van der Waals surface area contributed by atoms with Crippen LogP contribution in [0.2, 0.25) is 0 Å². The van der Waals surface area contributed by atoms with E-state index in [9.17, 15) is 9.59 Å². The van der Waals surface area contributed by atoms with Gasteiger partial charge in [0.25, 0.3) is 0 Å². The molecule has 0 saturated heterocycles. The highest BCUT2D eigenvalue weighted by Gasteiger charge is 2.29. The van der Waals surface area contributed by atoms with Gasteiger partial charge in [-0.1, -0.05) is 0 Å². The van der Waals surface area contributed by atoms with Crippen molar-refractivity contribution in [3.05, 3.63) is 0 Å². The molecule has 0 aliphatic heterocycles. The number of nitrogens with two attached hydrogens (primary N) is 1. The molecule has 6 heteroatoms. The molecule has 0 aromatic heterocycles. The minimum Gasteiger partial charge on any atom is -0.469 e. The molecule has 0 heterocycles. The minimum absolute atomic E-state index is 0.0447. The lowest BCUT2D eigenvalue weighted by Crippen LogP contribution is -2.52. The summed E-state index contributed by atoms with van der Waals surface area (Å²) in [7, 11) is 2.78. The first-order valence-corrected chi connectivity index (χ1v) is 4.54. The van der Waals surface area contributed by atoms with E-state index in [1.165, 1.54) is 14.2 Å². The Balaban J connectivity index is 4.43. The summed E-state index contributed by atoms with van der Waals surface area (Å²) in [5.41, 5.74) is 4.39. The molecule has 15 heavy (non-hydrogen) atoms. The summed E-state index contributed by atoms with van der Waals surface area (Å²) in [6.45, 7) is 1.79. The minimum atomic E-state index is -0.779. The van der Waals surface area contributed by atoms with Gasteiger partial charge in [0.05, 0.1) is 32.2 Å². The monoisotopic (exact) mass is 218 g/mol. The van der Waals surface area contributed by atoms with Crippen LogP contribution in [0.5, 0.6) is 0 Å². The molecule has 1 amide bonds. The molecule has 0 bridgehead atoms. The normalized spacial score (nSPS) is 14.1. The summed E-state index contributed by atoms with van der Waals surface area (Å²) in [5.74, 6) is -0.745. The number of hydrogen-bond donors (Lipinski definition) is 2. The van der Waals surface area contributed by atoms with E-state index in [0.717, 1.165) is 0 Å². The van der Waals surface area contributed by atoms with Crippen LogP contribution in [-0.4, -0.2) is 44.8 Å². The second-order valence-corrected chi connectivity index (χ2v) is 3.50. The van der Waals surface area contributed by atoms with Crippen LogP contribution in [0.1, 0.15) is 13.3 Å². The van der Waals surface area contributed by atoms with Crippen LogP contribution >= 0.6 is 0 Å². The number of nitrogens with one attached hydrogen (secondary N) is 1. The van der Waals surface area contributed by atoms with Crippen LogP contribution in [0.4, 0.5) is 0 Å². The Morgan fingerprint density at radius 1 is 1.40 bits per heavy atom. The third-order valence-corrected chi connectivity index (χ3v) is 1.85. The second kappa shape index (κ2) is 6.36. The molecule has 0 fully saturated rings. The molecule has 1 unspecified atom stereocenters. The zero-order chi connectivity index (χ0) is 11.9. The number of esters is 1. The van der Waals surface area contributed by atoms with E-state index in [-0.39, 0.29) is 25.5 Å². The number of hydrogen-bond acceptors (Lipinski definition) is 5. The maximum Gasteiger partial charge on any atom is 0.307 e. The van der Waals surface area contributed by atoms with Crippen LogP contribution in [0.15, 0.2) is 0 Å². The van der Waals surface area contributed by atoms with E-state index in [1.54, 1.807) is 6.92 Å². The SMILES string of the molecule is COCC(C)(CC(=O)OC)NC(=O)CN. The molecule has 0 saturated carbocycles. The Labute approximate surface area is 89.1 Å². The summed E-state index contributed by atoms with van der Waals surface area (Å²) in [6.07, 6.45) is 0.0447. The Morgan fingerprint density at radius 3 is 2.40 bits per heavy atom. The highest BCUT2D eigenvalue weighted by molar-refractivity contribution is 5.80. The Morgan fingerprint density at radius 2 is 2.00 bits per heavy atom. The predicted octanol–water partition coefficient (Wildman–Crippen LogP) is -0.970. The molecule has 6 nitrogen and oxygen atoms in total. The second-order valence-electron chi connectivity index (χ2n) is 3.50. The highest BCUT2D eigenvalue weighted by atomic mass is 16.5. The van der Waals surface area contributed by atoms with Crippen LogP contribution in [0.3, 0.4) is 0 Å². The van der Waals surface area contributed by atoms with Crippen LogP contribution in [0, 0.1) is 0 Å². The van der Waals surface area contributed by atoms with Crippen molar-refractivity contribution in [1.82, 2.24) is 5.32 Å². The molecule has 1 atom stereocenters. The Bertz CT molecular complexity index is 212. The standard InChI is InChI=1S/C9H18N2O4/c1-9(6-14-2,4-8(13)15-3)11-7(12)5-10/h4-6,10H2,1-3H3,(H,11,12). The Hall–Kier alpha value is -1.14. The first kappa shape index (κ1) is 13.9. The maximum absolute atomic E-state index is 11.1. The van der Waals surface area contributed by atoms with Crippen molar-refractivity contribution in [2.45, 2.75) is 18.9 Å². The summed E-state index contributed by atoms with van der Waals surface area (Å²) >= 11 is 0. The molecule has 88 valence electrons. The Kier molecular flexibility index (Phi) is 5.88. The summed E-state index contributed by atoms with van der Waals surface area (Å²) < 4.78 is 9.46. The molecule has 0 aromatic rings. The molecule has 0 aliphatic rings. The van der Waals surface area contributed by atoms with Gasteiger partial charge in [0.15, 0.2) is 0 Å².